The second kappa shape index (κ2) is 17.4. The van der Waals surface area contributed by atoms with Gasteiger partial charge in [0.15, 0.2) is 24.0 Å². The van der Waals surface area contributed by atoms with Gasteiger partial charge in [-0.15, -0.1) is 0 Å². The number of carbonyl (C=O) groups is 5. The number of carboxylic acids is 1. The summed E-state index contributed by atoms with van der Waals surface area (Å²) in [5, 5.41) is 98.0. The van der Waals surface area contributed by atoms with Crippen molar-refractivity contribution in [3.63, 3.8) is 0 Å². The molecule has 1 amide bonds. The van der Waals surface area contributed by atoms with E-state index in [0.29, 0.717) is 0 Å². The van der Waals surface area contributed by atoms with Gasteiger partial charge in [-0.1, -0.05) is 12.1 Å². The molecule has 338 valence electrons. The number of ketones is 3. The lowest BCUT2D eigenvalue weighted by Gasteiger charge is -2.42. The van der Waals surface area contributed by atoms with Gasteiger partial charge < -0.3 is 79.7 Å². The van der Waals surface area contributed by atoms with Crippen LogP contribution in [0.3, 0.4) is 0 Å². The highest BCUT2D eigenvalue weighted by atomic mass is 19.1. The van der Waals surface area contributed by atoms with E-state index < -0.39 is 151 Å². The SMILES string of the molecule is COc1cccc2c1C(=O)c1c(O)c3c(c(O)c1C2=O)C[C@@](O)(C(=O)CO)C[C@@H]3O[C@H]1C[C@H](NC(=O)OCc2cc(F)ccc2O[C@@H]2O[C@H](C(=O)O)[C@@H](O)[C@H](O)[C@H]2O)[C@H](O)[C@H](C)O1. The number of nitrogens with one attached hydrogen (secondary N) is 1. The number of aliphatic hydroxyl groups is 6. The van der Waals surface area contributed by atoms with Gasteiger partial charge >= 0.3 is 12.1 Å². The maximum Gasteiger partial charge on any atom is 0.407 e. The average molecular weight is 888 g/mol. The number of alkyl carbamates (subject to hydrolysis) is 1. The van der Waals surface area contributed by atoms with E-state index in [1.54, 1.807) is 0 Å². The molecular formula is C41H42FNO20. The van der Waals surface area contributed by atoms with Crippen molar-refractivity contribution in [1.29, 1.82) is 0 Å². The van der Waals surface area contributed by atoms with Gasteiger partial charge in [-0.3, -0.25) is 14.4 Å². The van der Waals surface area contributed by atoms with Crippen LogP contribution in [0.25, 0.3) is 0 Å². The van der Waals surface area contributed by atoms with Crippen LogP contribution in [0, 0.1) is 5.82 Å². The molecular weight excluding hydrogens is 845 g/mol. The summed E-state index contributed by atoms with van der Waals surface area (Å²) in [7, 11) is 1.26. The number of aliphatic hydroxyl groups excluding tert-OH is 5. The van der Waals surface area contributed by atoms with E-state index in [1.165, 1.54) is 32.2 Å². The minimum absolute atomic E-state index is 0.000532. The molecule has 7 rings (SSSR count). The lowest BCUT2D eigenvalue weighted by atomic mass is 9.72. The summed E-state index contributed by atoms with van der Waals surface area (Å²) in [6, 6.07) is 5.76. The van der Waals surface area contributed by atoms with E-state index in [0.717, 1.165) is 18.2 Å². The van der Waals surface area contributed by atoms with Gasteiger partial charge in [0.1, 0.15) is 72.0 Å². The third kappa shape index (κ3) is 8.16. The van der Waals surface area contributed by atoms with Crippen LogP contribution in [0.5, 0.6) is 23.0 Å². The highest BCUT2D eigenvalue weighted by Crippen LogP contribution is 2.52. The van der Waals surface area contributed by atoms with Crippen molar-refractivity contribution in [2.24, 2.45) is 0 Å². The number of carboxylic acid groups (broad SMARTS) is 1. The zero-order valence-electron chi connectivity index (χ0n) is 33.2. The number of benzene rings is 3. The van der Waals surface area contributed by atoms with Crippen LogP contribution in [-0.4, -0.2) is 150 Å². The Hall–Kier alpha value is -5.82. The number of aliphatic carboxylic acids is 1. The fourth-order valence-corrected chi connectivity index (χ4v) is 8.25. The average Bonchev–Trinajstić information content (AvgIpc) is 3.24. The van der Waals surface area contributed by atoms with Crippen molar-refractivity contribution in [2.75, 3.05) is 13.7 Å². The number of methoxy groups -OCH3 is 1. The van der Waals surface area contributed by atoms with Gasteiger partial charge in [0.2, 0.25) is 12.1 Å². The molecule has 0 radical (unpaired) electrons. The van der Waals surface area contributed by atoms with Gasteiger partial charge in [0, 0.05) is 41.5 Å². The molecule has 63 heavy (non-hydrogen) atoms. The molecule has 3 aromatic rings. The molecule has 11 atom stereocenters. The lowest BCUT2D eigenvalue weighted by molar-refractivity contribution is -0.271. The Morgan fingerprint density at radius 1 is 0.921 bits per heavy atom. The Bertz CT molecular complexity index is 2360. The number of hydrogen-bond donors (Lipinski definition) is 10. The molecule has 2 saturated heterocycles. The molecule has 0 saturated carbocycles. The molecule has 2 fully saturated rings. The van der Waals surface area contributed by atoms with Crippen LogP contribution in [0.4, 0.5) is 9.18 Å². The number of Topliss-reactive ketones (excluding diaryl/α,β-unsaturated/α-hetero) is 1. The summed E-state index contributed by atoms with van der Waals surface area (Å²) in [5.41, 5.74) is -4.82. The number of ether oxygens (including phenoxy) is 6. The van der Waals surface area contributed by atoms with Gasteiger partial charge in [0.05, 0.1) is 42.0 Å². The van der Waals surface area contributed by atoms with Crippen molar-refractivity contribution in [2.45, 2.75) is 99.7 Å². The number of hydrogen-bond acceptors (Lipinski definition) is 19. The van der Waals surface area contributed by atoms with Crippen molar-refractivity contribution in [3.8, 4) is 23.0 Å². The maximum atomic E-state index is 14.4. The first-order valence-electron chi connectivity index (χ1n) is 19.3. The van der Waals surface area contributed by atoms with Crippen LogP contribution in [-0.2, 0) is 41.6 Å². The highest BCUT2D eigenvalue weighted by molar-refractivity contribution is 6.31. The summed E-state index contributed by atoms with van der Waals surface area (Å²) in [6.07, 6.45) is -18.5. The molecule has 4 aliphatic rings. The third-order valence-corrected chi connectivity index (χ3v) is 11.5. The molecule has 0 unspecified atom stereocenters. The Morgan fingerprint density at radius 2 is 1.63 bits per heavy atom. The number of phenols is 2. The van der Waals surface area contributed by atoms with Crippen LogP contribution in [0.2, 0.25) is 0 Å². The van der Waals surface area contributed by atoms with E-state index in [9.17, 15) is 74.3 Å². The van der Waals surface area contributed by atoms with Crippen molar-refractivity contribution in [1.82, 2.24) is 5.32 Å². The van der Waals surface area contributed by atoms with Crippen molar-refractivity contribution < 1.29 is 103 Å². The predicted molar refractivity (Wildman–Crippen MR) is 202 cm³/mol. The molecule has 3 aromatic carbocycles. The molecule has 21 nitrogen and oxygen atoms in total. The highest BCUT2D eigenvalue weighted by Gasteiger charge is 2.51. The van der Waals surface area contributed by atoms with E-state index in [4.69, 9.17) is 28.4 Å². The third-order valence-electron chi connectivity index (χ3n) is 11.5. The standard InChI is InChI=1S/C41H42FNO20/c1-14-29(46)19(43-40(56)59-13-15-8-16(42)6-7-20(15)62-39-36(53)34(51)35(52)37(63-39)38(54)55)9-24(60-14)61-22-11-41(57,23(45)12-44)10-18-26(22)33(50)28-27(31(18)48)30(47)17-4-3-5-21(58-2)25(17)32(28)49/h3-8,14,19,22,24,29,34-37,39,44,46,48,50-53,57H,9-13H2,1-2H3,(H,43,56)(H,54,55)/t14-,19-,22-,24-,29+,34-,35-,36+,37-,39+,41-/m0/s1. The van der Waals surface area contributed by atoms with E-state index in [-0.39, 0.29) is 45.7 Å². The number of aromatic hydroxyl groups is 2. The summed E-state index contributed by atoms with van der Waals surface area (Å²) in [4.78, 5) is 65.4. The molecule has 2 aliphatic heterocycles. The van der Waals surface area contributed by atoms with Gasteiger partial charge in [0.25, 0.3) is 0 Å². The zero-order valence-corrected chi connectivity index (χ0v) is 33.2. The summed E-state index contributed by atoms with van der Waals surface area (Å²) in [5.74, 6) is -7.34. The first kappa shape index (κ1) is 45.2. The second-order valence-electron chi connectivity index (χ2n) is 15.4. The van der Waals surface area contributed by atoms with Gasteiger partial charge in [-0.25, -0.2) is 14.0 Å². The Balaban J connectivity index is 1.11. The van der Waals surface area contributed by atoms with E-state index in [2.05, 4.69) is 5.32 Å². The van der Waals surface area contributed by atoms with Gasteiger partial charge in [-0.2, -0.15) is 0 Å². The Morgan fingerprint density at radius 3 is 2.32 bits per heavy atom. The topological polar surface area (TPSA) is 335 Å². The summed E-state index contributed by atoms with van der Waals surface area (Å²) in [6.45, 7) is -0.487. The van der Waals surface area contributed by atoms with Crippen LogP contribution < -0.4 is 14.8 Å². The van der Waals surface area contributed by atoms with E-state index in [1.807, 2.05) is 0 Å². The zero-order chi connectivity index (χ0) is 45.8. The number of fused-ring (bicyclic) bond motifs is 3. The first-order chi connectivity index (χ1) is 29.8. The molecule has 0 spiro atoms. The van der Waals surface area contributed by atoms with Crippen molar-refractivity contribution >= 4 is 29.4 Å². The normalized spacial score (nSPS) is 30.0. The monoisotopic (exact) mass is 887 g/mol. The molecule has 0 aromatic heterocycles. The molecule has 22 heteroatoms. The second-order valence-corrected chi connectivity index (χ2v) is 15.4. The lowest BCUT2D eigenvalue weighted by Crippen LogP contribution is -2.61. The molecule has 10 N–H and O–H groups in total. The molecule has 2 aliphatic carbocycles. The molecule has 0 bridgehead atoms. The van der Waals surface area contributed by atoms with Gasteiger partial charge in [-0.05, 0) is 31.2 Å². The number of amides is 1. The number of carbonyl (C=O) groups excluding carboxylic acids is 4. The minimum atomic E-state index is -2.45. The first-order valence-corrected chi connectivity index (χ1v) is 19.3. The quantitative estimate of drug-likeness (QED) is 0.0839. The summed E-state index contributed by atoms with van der Waals surface area (Å²) < 4.78 is 47.6. The largest absolute Gasteiger partial charge is 0.507 e. The maximum absolute atomic E-state index is 14.4. The Labute approximate surface area is 354 Å². The number of rotatable bonds is 11. The van der Waals surface area contributed by atoms with E-state index >= 15 is 0 Å². The van der Waals surface area contributed by atoms with Crippen LogP contribution in [0.15, 0.2) is 36.4 Å². The fourth-order valence-electron chi connectivity index (χ4n) is 8.25. The number of phenolic OH excluding ortho intramolecular Hbond substituents is 2. The fraction of sp³-hybridized carbons (Fsp3) is 0.439. The molecule has 2 heterocycles. The number of halogens is 1. The smallest absolute Gasteiger partial charge is 0.407 e. The summed E-state index contributed by atoms with van der Waals surface area (Å²) >= 11 is 0. The Kier molecular flexibility index (Phi) is 12.5. The minimum Gasteiger partial charge on any atom is -0.507 e. The van der Waals surface area contributed by atoms with Crippen LogP contribution in [0.1, 0.15) is 74.4 Å². The predicted octanol–water partition coefficient (Wildman–Crippen LogP) is -0.621. The van der Waals surface area contributed by atoms with Crippen LogP contribution >= 0.6 is 0 Å². The van der Waals surface area contributed by atoms with Crippen molar-refractivity contribution in [3.05, 3.63) is 81.2 Å².